The maximum absolute atomic E-state index is 7.81. The van der Waals surface area contributed by atoms with Crippen molar-refractivity contribution in [3.63, 3.8) is 0 Å². The molecule has 0 unspecified atom stereocenters. The van der Waals surface area contributed by atoms with Crippen LogP contribution in [0.2, 0.25) is 0 Å². The predicted molar refractivity (Wildman–Crippen MR) is 63.5 cm³/mol. The molecule has 2 N–H and O–H groups in total. The van der Waals surface area contributed by atoms with Gasteiger partial charge in [-0.25, -0.2) is 4.98 Å². The Labute approximate surface area is 94.7 Å². The first-order chi connectivity index (χ1) is 7.75. The molecular weight excluding hydrogens is 202 g/mol. The molecule has 0 bridgehead atoms. The minimum Gasteiger partial charge on any atom is -0.345 e. The Morgan fingerprint density at radius 1 is 1.56 bits per heavy atom. The van der Waals surface area contributed by atoms with E-state index in [0.29, 0.717) is 17.4 Å². The van der Waals surface area contributed by atoms with Gasteiger partial charge in [-0.1, -0.05) is 0 Å². The summed E-state index contributed by atoms with van der Waals surface area (Å²) in [5, 5.41) is 10.8. The summed E-state index contributed by atoms with van der Waals surface area (Å²) in [6.07, 6.45) is 8.42. The Bertz CT molecular complexity index is 381. The minimum absolute atomic E-state index is 0.380. The van der Waals surface area contributed by atoms with Crippen molar-refractivity contribution < 1.29 is 0 Å². The van der Waals surface area contributed by atoms with Gasteiger partial charge in [0.1, 0.15) is 5.82 Å². The smallest absolute Gasteiger partial charge is 0.148 e. The highest BCUT2D eigenvalue weighted by Gasteiger charge is 2.25. The highest BCUT2D eigenvalue weighted by molar-refractivity contribution is 5.95. The van der Waals surface area contributed by atoms with E-state index in [1.165, 1.54) is 0 Å². The molecule has 1 saturated heterocycles. The third-order valence-electron chi connectivity index (χ3n) is 2.56. The molecule has 1 aromatic heterocycles. The van der Waals surface area contributed by atoms with E-state index in [2.05, 4.69) is 27.2 Å². The van der Waals surface area contributed by atoms with Crippen LogP contribution in [0.1, 0.15) is 0 Å². The molecule has 0 aromatic carbocycles. The van der Waals surface area contributed by atoms with E-state index in [9.17, 15) is 0 Å². The Balaban J connectivity index is 1.79. The van der Waals surface area contributed by atoms with Crippen molar-refractivity contribution in [1.82, 2.24) is 14.9 Å². The van der Waals surface area contributed by atoms with Gasteiger partial charge < -0.3 is 15.6 Å². The van der Waals surface area contributed by atoms with Crippen LogP contribution in [0.25, 0.3) is 0 Å². The fourth-order valence-electron chi connectivity index (χ4n) is 1.62. The molecule has 1 aromatic rings. The maximum atomic E-state index is 7.81. The largest absolute Gasteiger partial charge is 0.345 e. The number of rotatable bonds is 4. The Morgan fingerprint density at radius 2 is 2.38 bits per heavy atom. The maximum Gasteiger partial charge on any atom is 0.148 e. The SMILES string of the molecule is CN1CC(C(=N)/C=C\Nc2cnccn2)C1. The summed E-state index contributed by atoms with van der Waals surface area (Å²) in [7, 11) is 2.06. The first-order valence-corrected chi connectivity index (χ1v) is 5.22. The predicted octanol–water partition coefficient (Wildman–Crippen LogP) is 0.984. The molecule has 84 valence electrons. The van der Waals surface area contributed by atoms with Crippen LogP contribution in [0.15, 0.2) is 30.9 Å². The van der Waals surface area contributed by atoms with Crippen molar-refractivity contribution in [1.29, 1.82) is 5.41 Å². The van der Waals surface area contributed by atoms with Crippen molar-refractivity contribution >= 4 is 11.5 Å². The van der Waals surface area contributed by atoms with Gasteiger partial charge in [-0.3, -0.25) is 4.98 Å². The second-order valence-electron chi connectivity index (χ2n) is 3.94. The minimum atomic E-state index is 0.380. The first-order valence-electron chi connectivity index (χ1n) is 5.22. The monoisotopic (exact) mass is 217 g/mol. The van der Waals surface area contributed by atoms with Gasteiger partial charge in [-0.2, -0.15) is 0 Å². The molecule has 1 aliphatic heterocycles. The van der Waals surface area contributed by atoms with E-state index in [1.807, 2.05) is 0 Å². The Morgan fingerprint density at radius 3 is 3.00 bits per heavy atom. The van der Waals surface area contributed by atoms with Crippen LogP contribution in [0.5, 0.6) is 0 Å². The molecule has 16 heavy (non-hydrogen) atoms. The average Bonchev–Trinajstić information content (AvgIpc) is 2.26. The van der Waals surface area contributed by atoms with Crippen molar-refractivity contribution in [3.05, 3.63) is 30.9 Å². The molecule has 0 spiro atoms. The van der Waals surface area contributed by atoms with Crippen LogP contribution < -0.4 is 5.32 Å². The second kappa shape index (κ2) is 4.85. The third-order valence-corrected chi connectivity index (χ3v) is 2.56. The Kier molecular flexibility index (Phi) is 3.26. The zero-order chi connectivity index (χ0) is 11.4. The summed E-state index contributed by atoms with van der Waals surface area (Å²) in [5.41, 5.74) is 0.662. The van der Waals surface area contributed by atoms with E-state index >= 15 is 0 Å². The zero-order valence-electron chi connectivity index (χ0n) is 9.22. The molecule has 1 fully saturated rings. The Hall–Kier alpha value is -1.75. The number of hydrogen-bond donors (Lipinski definition) is 2. The zero-order valence-corrected chi connectivity index (χ0v) is 9.22. The second-order valence-corrected chi connectivity index (χ2v) is 3.94. The van der Waals surface area contributed by atoms with E-state index < -0.39 is 0 Å². The van der Waals surface area contributed by atoms with Crippen LogP contribution in [-0.2, 0) is 0 Å². The lowest BCUT2D eigenvalue weighted by atomic mass is 9.95. The molecule has 5 nitrogen and oxygen atoms in total. The lowest BCUT2D eigenvalue weighted by molar-refractivity contribution is 0.183. The number of anilines is 1. The topological polar surface area (TPSA) is 64.9 Å². The summed E-state index contributed by atoms with van der Waals surface area (Å²) in [4.78, 5) is 10.2. The lowest BCUT2D eigenvalue weighted by Gasteiger charge is -2.35. The molecule has 1 aliphatic rings. The number of hydrogen-bond acceptors (Lipinski definition) is 5. The summed E-state index contributed by atoms with van der Waals surface area (Å²) >= 11 is 0. The first kappa shape index (κ1) is 10.8. The van der Waals surface area contributed by atoms with Crippen molar-refractivity contribution in [2.24, 2.45) is 5.92 Å². The van der Waals surface area contributed by atoms with E-state index in [1.54, 1.807) is 30.9 Å². The summed E-state index contributed by atoms with van der Waals surface area (Å²) in [6.45, 7) is 1.96. The molecule has 0 aliphatic carbocycles. The molecule has 5 heteroatoms. The van der Waals surface area contributed by atoms with Gasteiger partial charge in [0, 0.05) is 43.3 Å². The third kappa shape index (κ3) is 2.64. The normalized spacial score (nSPS) is 17.3. The summed E-state index contributed by atoms with van der Waals surface area (Å²) in [6, 6.07) is 0. The van der Waals surface area contributed by atoms with E-state index in [-0.39, 0.29) is 0 Å². The molecular formula is C11H15N5. The van der Waals surface area contributed by atoms with Crippen LogP contribution in [0.4, 0.5) is 5.82 Å². The van der Waals surface area contributed by atoms with Crippen molar-refractivity contribution in [2.45, 2.75) is 0 Å². The highest BCUT2D eigenvalue weighted by atomic mass is 15.2. The van der Waals surface area contributed by atoms with Gasteiger partial charge in [0.05, 0.1) is 6.20 Å². The van der Waals surface area contributed by atoms with Crippen molar-refractivity contribution in [2.75, 3.05) is 25.5 Å². The molecule has 0 radical (unpaired) electrons. The fraction of sp³-hybridized carbons (Fsp3) is 0.364. The number of nitrogens with one attached hydrogen (secondary N) is 2. The lowest BCUT2D eigenvalue weighted by Crippen LogP contribution is -2.47. The van der Waals surface area contributed by atoms with Crippen LogP contribution in [0.3, 0.4) is 0 Å². The van der Waals surface area contributed by atoms with Crippen LogP contribution >= 0.6 is 0 Å². The van der Waals surface area contributed by atoms with Gasteiger partial charge in [-0.05, 0) is 13.1 Å². The van der Waals surface area contributed by atoms with Crippen molar-refractivity contribution in [3.8, 4) is 0 Å². The van der Waals surface area contributed by atoms with Gasteiger partial charge in [0.2, 0.25) is 0 Å². The molecule has 0 saturated carbocycles. The summed E-state index contributed by atoms with van der Waals surface area (Å²) < 4.78 is 0. The molecule has 2 heterocycles. The molecule has 0 amide bonds. The average molecular weight is 217 g/mol. The van der Waals surface area contributed by atoms with Gasteiger partial charge in [-0.15, -0.1) is 0 Å². The summed E-state index contributed by atoms with van der Waals surface area (Å²) in [5.74, 6) is 1.07. The van der Waals surface area contributed by atoms with Gasteiger partial charge in [0.25, 0.3) is 0 Å². The quantitative estimate of drug-likeness (QED) is 0.738. The van der Waals surface area contributed by atoms with Gasteiger partial charge >= 0.3 is 0 Å². The highest BCUT2D eigenvalue weighted by Crippen LogP contribution is 2.14. The standard InChI is InChI=1S/C11H15N5/c1-16-7-9(8-16)10(12)2-3-14-11-6-13-4-5-15-11/h2-6,9,12H,7-8H2,1H3,(H,14,15)/b3-2-,12-10?. The van der Waals surface area contributed by atoms with Gasteiger partial charge in [0.15, 0.2) is 0 Å². The number of nitrogens with zero attached hydrogens (tertiary/aromatic N) is 3. The van der Waals surface area contributed by atoms with E-state index in [0.717, 1.165) is 13.1 Å². The number of allylic oxidation sites excluding steroid dienone is 1. The molecule has 2 rings (SSSR count). The fourth-order valence-corrected chi connectivity index (χ4v) is 1.62. The van der Waals surface area contributed by atoms with E-state index in [4.69, 9.17) is 5.41 Å². The van der Waals surface area contributed by atoms with Crippen LogP contribution in [0, 0.1) is 11.3 Å². The van der Waals surface area contributed by atoms with Crippen LogP contribution in [-0.4, -0.2) is 40.7 Å². The number of aromatic nitrogens is 2. The number of likely N-dealkylation sites (tertiary alicyclic amines) is 1. The molecule has 0 atom stereocenters.